The molecule has 0 saturated heterocycles. The van der Waals surface area contributed by atoms with Crippen molar-refractivity contribution in [2.24, 2.45) is 0 Å². The smallest absolute Gasteiger partial charge is 0.185 e. The van der Waals surface area contributed by atoms with Gasteiger partial charge in [-0.15, -0.1) is 0 Å². The molecule has 0 amide bonds. The maximum atomic E-state index is 7.20. The molecular weight excluding hydrogens is 400 g/mol. The molecule has 0 N–H and O–H groups in total. The van der Waals surface area contributed by atoms with Gasteiger partial charge in [-0.05, 0) is 56.0 Å². The summed E-state index contributed by atoms with van der Waals surface area (Å²) >= 11 is 0. The summed E-state index contributed by atoms with van der Waals surface area (Å²) in [7, 11) is -3.91. The number of hydrogen-bond donors (Lipinski definition) is 0. The molecule has 3 rings (SSSR count). The summed E-state index contributed by atoms with van der Waals surface area (Å²) in [5.74, 6) is 0. The summed E-state index contributed by atoms with van der Waals surface area (Å²) < 4.78 is 14.2. The first kappa shape index (κ1) is 22.7. The zero-order chi connectivity index (χ0) is 21.8. The van der Waals surface area contributed by atoms with Gasteiger partial charge >= 0.3 is 0 Å². The fourth-order valence-corrected chi connectivity index (χ4v) is 6.18. The SMILES string of the molecule is C[Si](C)(C)OC(c1ccccc1)C(O[Si](C)(C)C)(c1ccccc1)c1ccccc1. The van der Waals surface area contributed by atoms with Crippen LogP contribution in [0.1, 0.15) is 22.8 Å². The van der Waals surface area contributed by atoms with E-state index in [0.29, 0.717) is 0 Å². The highest BCUT2D eigenvalue weighted by molar-refractivity contribution is 6.70. The Hall–Kier alpha value is -1.99. The zero-order valence-corrected chi connectivity index (χ0v) is 21.1. The number of hydrogen-bond acceptors (Lipinski definition) is 2. The van der Waals surface area contributed by atoms with Crippen LogP contribution in [0, 0.1) is 0 Å². The van der Waals surface area contributed by atoms with Crippen LogP contribution in [-0.2, 0) is 14.5 Å². The third kappa shape index (κ3) is 5.38. The Morgan fingerprint density at radius 2 is 0.967 bits per heavy atom. The minimum atomic E-state index is -1.99. The van der Waals surface area contributed by atoms with Gasteiger partial charge in [0.2, 0.25) is 0 Å². The topological polar surface area (TPSA) is 18.5 Å². The summed E-state index contributed by atoms with van der Waals surface area (Å²) in [6.45, 7) is 13.5. The lowest BCUT2D eigenvalue weighted by molar-refractivity contribution is -0.0269. The molecule has 4 heteroatoms. The van der Waals surface area contributed by atoms with E-state index in [1.165, 1.54) is 0 Å². The molecule has 158 valence electrons. The van der Waals surface area contributed by atoms with Crippen molar-refractivity contribution in [3.63, 3.8) is 0 Å². The second kappa shape index (κ2) is 9.02. The summed E-state index contributed by atoms with van der Waals surface area (Å²) in [6.07, 6.45) is -0.248. The quantitative estimate of drug-likeness (QED) is 0.344. The first-order valence-electron chi connectivity index (χ1n) is 10.7. The maximum Gasteiger partial charge on any atom is 0.185 e. The van der Waals surface area contributed by atoms with Crippen molar-refractivity contribution in [1.29, 1.82) is 0 Å². The fraction of sp³-hybridized carbons (Fsp3) is 0.308. The van der Waals surface area contributed by atoms with Gasteiger partial charge in [0.25, 0.3) is 0 Å². The molecule has 0 spiro atoms. The maximum absolute atomic E-state index is 7.20. The van der Waals surface area contributed by atoms with Crippen LogP contribution < -0.4 is 0 Å². The second-order valence-electron chi connectivity index (χ2n) is 9.70. The predicted molar refractivity (Wildman–Crippen MR) is 132 cm³/mol. The molecular formula is C26H34O2Si2. The Balaban J connectivity index is 2.37. The van der Waals surface area contributed by atoms with Crippen LogP contribution >= 0.6 is 0 Å². The Bertz CT molecular complexity index is 875. The molecule has 0 fully saturated rings. The standard InChI is InChI=1S/C26H34O2Si2/c1-29(2,3)27-25(22-16-10-7-11-17-22)26(28-30(4,5)6,23-18-12-8-13-19-23)24-20-14-9-15-21-24/h7-21,25H,1-6H3. The van der Waals surface area contributed by atoms with Gasteiger partial charge in [0.05, 0.1) is 0 Å². The van der Waals surface area contributed by atoms with Gasteiger partial charge in [-0.3, -0.25) is 0 Å². The van der Waals surface area contributed by atoms with Gasteiger partial charge in [-0.1, -0.05) is 91.0 Å². The fourth-order valence-electron chi connectivity index (χ4n) is 3.86. The van der Waals surface area contributed by atoms with Crippen LogP contribution in [0.5, 0.6) is 0 Å². The molecule has 0 radical (unpaired) electrons. The van der Waals surface area contributed by atoms with E-state index in [1.54, 1.807) is 0 Å². The van der Waals surface area contributed by atoms with Gasteiger partial charge in [-0.2, -0.15) is 0 Å². The van der Waals surface area contributed by atoms with E-state index < -0.39 is 22.2 Å². The largest absolute Gasteiger partial charge is 0.407 e. The van der Waals surface area contributed by atoms with Crippen LogP contribution in [0.15, 0.2) is 91.0 Å². The lowest BCUT2D eigenvalue weighted by atomic mass is 9.79. The first-order valence-corrected chi connectivity index (χ1v) is 17.5. The van der Waals surface area contributed by atoms with Crippen LogP contribution in [0.2, 0.25) is 39.3 Å². The highest BCUT2D eigenvalue weighted by Gasteiger charge is 2.48. The highest BCUT2D eigenvalue weighted by atomic mass is 28.4. The molecule has 0 aromatic heterocycles. The van der Waals surface area contributed by atoms with E-state index >= 15 is 0 Å². The summed E-state index contributed by atoms with van der Waals surface area (Å²) in [5.41, 5.74) is 2.68. The molecule has 2 nitrogen and oxygen atoms in total. The molecule has 0 aliphatic carbocycles. The first-order chi connectivity index (χ1) is 14.1. The van der Waals surface area contributed by atoms with Crippen LogP contribution in [0.4, 0.5) is 0 Å². The normalized spacial score (nSPS) is 13.8. The second-order valence-corrected chi connectivity index (χ2v) is 18.6. The van der Waals surface area contributed by atoms with Crippen LogP contribution in [0.25, 0.3) is 0 Å². The van der Waals surface area contributed by atoms with Crippen LogP contribution in [-0.4, -0.2) is 16.6 Å². The van der Waals surface area contributed by atoms with Gasteiger partial charge in [0.15, 0.2) is 16.6 Å². The van der Waals surface area contributed by atoms with Crippen molar-refractivity contribution >= 4 is 16.6 Å². The average molecular weight is 435 g/mol. The third-order valence-corrected chi connectivity index (χ3v) is 6.69. The molecule has 1 atom stereocenters. The molecule has 3 aromatic rings. The van der Waals surface area contributed by atoms with Crippen molar-refractivity contribution in [3.8, 4) is 0 Å². The Kier molecular flexibility index (Phi) is 6.82. The highest BCUT2D eigenvalue weighted by Crippen LogP contribution is 2.49. The van der Waals surface area contributed by atoms with Gasteiger partial charge in [0.1, 0.15) is 11.7 Å². The minimum absolute atomic E-state index is 0.248. The lowest BCUT2D eigenvalue weighted by Gasteiger charge is -2.47. The van der Waals surface area contributed by atoms with Gasteiger partial charge in [0, 0.05) is 0 Å². The summed E-state index contributed by atoms with van der Waals surface area (Å²) in [4.78, 5) is 0. The minimum Gasteiger partial charge on any atom is -0.407 e. The molecule has 0 heterocycles. The molecule has 0 saturated carbocycles. The monoisotopic (exact) mass is 434 g/mol. The van der Waals surface area contributed by atoms with Gasteiger partial charge in [-0.25, -0.2) is 0 Å². The van der Waals surface area contributed by atoms with E-state index in [0.717, 1.165) is 16.7 Å². The molecule has 30 heavy (non-hydrogen) atoms. The Labute approximate surface area is 184 Å². The lowest BCUT2D eigenvalue weighted by Crippen LogP contribution is -2.49. The van der Waals surface area contributed by atoms with Crippen molar-refractivity contribution in [2.75, 3.05) is 0 Å². The Morgan fingerprint density at radius 1 is 0.567 bits per heavy atom. The van der Waals surface area contributed by atoms with E-state index in [1.807, 2.05) is 0 Å². The Morgan fingerprint density at radius 3 is 1.33 bits per heavy atom. The van der Waals surface area contributed by atoms with E-state index in [-0.39, 0.29) is 6.10 Å². The van der Waals surface area contributed by atoms with E-state index in [9.17, 15) is 0 Å². The predicted octanol–water partition coefficient (Wildman–Crippen LogP) is 7.37. The molecule has 1 unspecified atom stereocenters. The van der Waals surface area contributed by atoms with Crippen molar-refractivity contribution in [2.45, 2.75) is 51.0 Å². The summed E-state index contributed by atoms with van der Waals surface area (Å²) in [5, 5.41) is 0. The molecule has 0 aliphatic heterocycles. The number of rotatable bonds is 8. The molecule has 0 aliphatic rings. The van der Waals surface area contributed by atoms with Crippen molar-refractivity contribution < 1.29 is 8.85 Å². The molecule has 3 aromatic carbocycles. The number of benzene rings is 3. The summed E-state index contributed by atoms with van der Waals surface area (Å²) in [6, 6.07) is 31.8. The van der Waals surface area contributed by atoms with E-state index in [4.69, 9.17) is 8.85 Å². The zero-order valence-electron chi connectivity index (χ0n) is 19.1. The third-order valence-electron chi connectivity index (χ3n) is 4.82. The van der Waals surface area contributed by atoms with Crippen molar-refractivity contribution in [3.05, 3.63) is 108 Å². The van der Waals surface area contributed by atoms with E-state index in [2.05, 4.69) is 130 Å². The molecule has 0 bridgehead atoms. The average Bonchev–Trinajstić information content (AvgIpc) is 2.71. The van der Waals surface area contributed by atoms with Crippen molar-refractivity contribution in [1.82, 2.24) is 0 Å². The van der Waals surface area contributed by atoms with Gasteiger partial charge < -0.3 is 8.85 Å². The van der Waals surface area contributed by atoms with Crippen LogP contribution in [0.3, 0.4) is 0 Å².